The van der Waals surface area contributed by atoms with E-state index in [1.165, 1.54) is 0 Å². The Labute approximate surface area is 120 Å². The van der Waals surface area contributed by atoms with Gasteiger partial charge in [-0.2, -0.15) is 0 Å². The molecule has 102 valence electrons. The molecule has 0 aliphatic heterocycles. The van der Waals surface area contributed by atoms with Crippen LogP contribution in [-0.2, 0) is 0 Å². The first-order valence-electron chi connectivity index (χ1n) is 6.58. The predicted octanol–water partition coefficient (Wildman–Crippen LogP) is 2.95. The lowest BCUT2D eigenvalue weighted by molar-refractivity contribution is 0.401. The molecule has 0 unspecified atom stereocenters. The van der Waals surface area contributed by atoms with Crippen molar-refractivity contribution in [2.75, 3.05) is 7.11 Å². The van der Waals surface area contributed by atoms with Gasteiger partial charge in [0.2, 0.25) is 5.88 Å². The summed E-state index contributed by atoms with van der Waals surface area (Å²) in [6.45, 7) is 0. The lowest BCUT2D eigenvalue weighted by Gasteiger charge is -2.10. The molecular formula is C16H12N4O. The van der Waals surface area contributed by atoms with Gasteiger partial charge >= 0.3 is 0 Å². The molecule has 0 amide bonds. The highest BCUT2D eigenvalue weighted by molar-refractivity contribution is 5.85. The maximum absolute atomic E-state index is 5.46. The second-order valence-corrected chi connectivity index (χ2v) is 4.69. The quantitative estimate of drug-likeness (QED) is 0.565. The van der Waals surface area contributed by atoms with Crippen molar-refractivity contribution in [3.63, 3.8) is 0 Å². The van der Waals surface area contributed by atoms with Crippen LogP contribution in [0.5, 0.6) is 5.88 Å². The number of aromatic nitrogens is 4. The molecule has 3 aromatic heterocycles. The van der Waals surface area contributed by atoms with E-state index in [2.05, 4.69) is 21.0 Å². The molecule has 5 nitrogen and oxygen atoms in total. The summed E-state index contributed by atoms with van der Waals surface area (Å²) in [6, 6.07) is 10.0. The SMILES string of the molecule is COc1nc2ccccc2cc1-c1cncc2nccn12. The van der Waals surface area contributed by atoms with Crippen LogP contribution in [0.15, 0.2) is 55.1 Å². The number of ether oxygens (including phenoxy) is 1. The van der Waals surface area contributed by atoms with Crippen molar-refractivity contribution in [1.29, 1.82) is 0 Å². The Balaban J connectivity index is 2.07. The van der Waals surface area contributed by atoms with Crippen molar-refractivity contribution in [2.45, 2.75) is 0 Å². The molecule has 0 atom stereocenters. The summed E-state index contributed by atoms with van der Waals surface area (Å²) in [4.78, 5) is 13.1. The number of imidazole rings is 1. The summed E-state index contributed by atoms with van der Waals surface area (Å²) in [6.07, 6.45) is 7.18. The summed E-state index contributed by atoms with van der Waals surface area (Å²) in [5.41, 5.74) is 3.50. The van der Waals surface area contributed by atoms with E-state index in [-0.39, 0.29) is 0 Å². The van der Waals surface area contributed by atoms with E-state index in [4.69, 9.17) is 4.74 Å². The number of nitrogens with zero attached hydrogens (tertiary/aromatic N) is 4. The summed E-state index contributed by atoms with van der Waals surface area (Å²) in [5.74, 6) is 0.580. The average Bonchev–Trinajstić information content (AvgIpc) is 3.02. The lowest BCUT2D eigenvalue weighted by atomic mass is 10.1. The summed E-state index contributed by atoms with van der Waals surface area (Å²) in [5, 5.41) is 1.06. The second-order valence-electron chi connectivity index (χ2n) is 4.69. The van der Waals surface area contributed by atoms with Gasteiger partial charge in [0.15, 0.2) is 5.65 Å². The molecule has 5 heteroatoms. The summed E-state index contributed by atoms with van der Waals surface area (Å²) in [7, 11) is 1.63. The fourth-order valence-electron chi connectivity index (χ4n) is 2.49. The van der Waals surface area contributed by atoms with E-state index in [1.54, 1.807) is 25.7 Å². The Hall–Kier alpha value is -2.95. The first-order chi connectivity index (χ1) is 10.4. The maximum Gasteiger partial charge on any atom is 0.223 e. The van der Waals surface area contributed by atoms with Crippen LogP contribution in [0.1, 0.15) is 0 Å². The van der Waals surface area contributed by atoms with Crippen LogP contribution in [0.25, 0.3) is 27.8 Å². The number of rotatable bonds is 2. The van der Waals surface area contributed by atoms with Crippen molar-refractivity contribution in [3.8, 4) is 17.1 Å². The van der Waals surface area contributed by atoms with Gasteiger partial charge in [0.25, 0.3) is 0 Å². The van der Waals surface area contributed by atoms with E-state index in [1.807, 2.05) is 34.9 Å². The van der Waals surface area contributed by atoms with Gasteiger partial charge < -0.3 is 4.74 Å². The van der Waals surface area contributed by atoms with Gasteiger partial charge in [0, 0.05) is 17.8 Å². The molecule has 21 heavy (non-hydrogen) atoms. The Morgan fingerprint density at radius 1 is 1.14 bits per heavy atom. The van der Waals surface area contributed by atoms with Crippen LogP contribution in [0.3, 0.4) is 0 Å². The third-order valence-corrected chi connectivity index (χ3v) is 3.47. The van der Waals surface area contributed by atoms with Crippen LogP contribution in [0.2, 0.25) is 0 Å². The molecule has 0 aliphatic rings. The smallest absolute Gasteiger partial charge is 0.223 e. The van der Waals surface area contributed by atoms with Crippen molar-refractivity contribution in [1.82, 2.24) is 19.4 Å². The highest BCUT2D eigenvalue weighted by Gasteiger charge is 2.13. The number of pyridine rings is 1. The lowest BCUT2D eigenvalue weighted by Crippen LogP contribution is -1.97. The molecule has 0 saturated heterocycles. The molecule has 0 spiro atoms. The van der Waals surface area contributed by atoms with Crippen LogP contribution in [0, 0.1) is 0 Å². The van der Waals surface area contributed by atoms with Gasteiger partial charge in [-0.15, -0.1) is 0 Å². The zero-order valence-electron chi connectivity index (χ0n) is 11.4. The Morgan fingerprint density at radius 2 is 2.05 bits per heavy atom. The number of para-hydroxylation sites is 1. The van der Waals surface area contributed by atoms with Gasteiger partial charge in [-0.1, -0.05) is 18.2 Å². The van der Waals surface area contributed by atoms with Crippen LogP contribution < -0.4 is 4.74 Å². The molecule has 4 rings (SSSR count). The molecule has 3 heterocycles. The van der Waals surface area contributed by atoms with Crippen LogP contribution in [0.4, 0.5) is 0 Å². The minimum absolute atomic E-state index is 0.580. The largest absolute Gasteiger partial charge is 0.480 e. The van der Waals surface area contributed by atoms with Gasteiger partial charge in [-0.25, -0.2) is 9.97 Å². The first kappa shape index (κ1) is 11.8. The van der Waals surface area contributed by atoms with Crippen LogP contribution in [-0.4, -0.2) is 26.5 Å². The number of methoxy groups -OCH3 is 1. The standard InChI is InChI=1S/C16H12N4O/c1-21-16-12(8-11-4-2-3-5-13(11)19-16)14-9-17-10-15-18-6-7-20(14)15/h2-10H,1H3. The molecule has 0 radical (unpaired) electrons. The third-order valence-electron chi connectivity index (χ3n) is 3.47. The zero-order chi connectivity index (χ0) is 14.2. The Kier molecular flexibility index (Phi) is 2.57. The topological polar surface area (TPSA) is 52.3 Å². The molecule has 0 aliphatic carbocycles. The van der Waals surface area contributed by atoms with E-state index >= 15 is 0 Å². The van der Waals surface area contributed by atoms with Gasteiger partial charge in [-0.05, 0) is 12.1 Å². The Morgan fingerprint density at radius 3 is 2.95 bits per heavy atom. The highest BCUT2D eigenvalue weighted by Crippen LogP contribution is 2.31. The number of hydrogen-bond donors (Lipinski definition) is 0. The highest BCUT2D eigenvalue weighted by atomic mass is 16.5. The van der Waals surface area contributed by atoms with Crippen molar-refractivity contribution in [3.05, 3.63) is 55.1 Å². The minimum atomic E-state index is 0.580. The van der Waals surface area contributed by atoms with E-state index in [0.717, 1.165) is 27.8 Å². The van der Waals surface area contributed by atoms with Crippen LogP contribution >= 0.6 is 0 Å². The van der Waals surface area contributed by atoms with Gasteiger partial charge in [0.05, 0.1) is 36.3 Å². The van der Waals surface area contributed by atoms with E-state index in [0.29, 0.717) is 5.88 Å². The molecule has 0 N–H and O–H groups in total. The fraction of sp³-hybridized carbons (Fsp3) is 0.0625. The molecule has 0 saturated carbocycles. The number of fused-ring (bicyclic) bond motifs is 2. The second kappa shape index (κ2) is 4.56. The van der Waals surface area contributed by atoms with Crippen molar-refractivity contribution >= 4 is 16.6 Å². The van der Waals surface area contributed by atoms with Crippen molar-refractivity contribution in [2.24, 2.45) is 0 Å². The molecular weight excluding hydrogens is 264 g/mol. The van der Waals surface area contributed by atoms with E-state index in [9.17, 15) is 0 Å². The predicted molar refractivity (Wildman–Crippen MR) is 80.3 cm³/mol. The van der Waals surface area contributed by atoms with E-state index < -0.39 is 0 Å². The normalized spacial score (nSPS) is 11.1. The minimum Gasteiger partial charge on any atom is -0.480 e. The summed E-state index contributed by atoms with van der Waals surface area (Å²) >= 11 is 0. The monoisotopic (exact) mass is 276 g/mol. The molecule has 0 bridgehead atoms. The maximum atomic E-state index is 5.46. The fourth-order valence-corrected chi connectivity index (χ4v) is 2.49. The van der Waals surface area contributed by atoms with Gasteiger partial charge in [0.1, 0.15) is 0 Å². The number of benzene rings is 1. The molecule has 1 aromatic carbocycles. The zero-order valence-corrected chi connectivity index (χ0v) is 11.4. The summed E-state index contributed by atoms with van der Waals surface area (Å²) < 4.78 is 7.43. The average molecular weight is 276 g/mol. The number of hydrogen-bond acceptors (Lipinski definition) is 4. The van der Waals surface area contributed by atoms with Gasteiger partial charge in [-0.3, -0.25) is 9.38 Å². The Bertz CT molecular complexity index is 945. The molecule has 0 fully saturated rings. The molecule has 4 aromatic rings. The van der Waals surface area contributed by atoms with Crippen molar-refractivity contribution < 1.29 is 4.74 Å². The first-order valence-corrected chi connectivity index (χ1v) is 6.58. The third kappa shape index (κ3) is 1.82.